The average molecular weight is 194 g/mol. The Labute approximate surface area is 81.8 Å². The predicted octanol–water partition coefficient (Wildman–Crippen LogP) is 2.52. The number of hydrogen-bond acceptors (Lipinski definition) is 2. The largest absolute Gasteiger partial charge is 0.538 e. The van der Waals surface area contributed by atoms with Crippen molar-refractivity contribution in [3.8, 4) is 11.5 Å². The average Bonchev–Trinajstić information content (AvgIpc) is 2.15. The Kier molecular flexibility index (Phi) is 3.83. The van der Waals surface area contributed by atoms with Crippen molar-refractivity contribution in [3.63, 3.8) is 0 Å². The molecular formula is C10H14O2Si. The van der Waals surface area contributed by atoms with Gasteiger partial charge in [0.05, 0.1) is 7.11 Å². The summed E-state index contributed by atoms with van der Waals surface area (Å²) in [5.74, 6) is 1.63. The molecule has 2 nitrogen and oxygen atoms in total. The molecule has 1 aromatic carbocycles. The molecule has 0 fully saturated rings. The maximum atomic E-state index is 5.59. The molecule has 0 amide bonds. The molecule has 0 atom stereocenters. The second-order valence-electron chi connectivity index (χ2n) is 3.03. The van der Waals surface area contributed by atoms with Crippen LogP contribution >= 0.6 is 0 Å². The molecule has 0 aliphatic rings. The number of ether oxygens (including phenoxy) is 1. The van der Waals surface area contributed by atoms with Gasteiger partial charge in [0, 0.05) is 0 Å². The molecule has 0 N–H and O–H groups in total. The fourth-order valence-corrected chi connectivity index (χ4v) is 1.42. The maximum Gasteiger partial charge on any atom is 0.313 e. The molecule has 0 saturated carbocycles. The molecule has 1 rings (SSSR count). The summed E-state index contributed by atoms with van der Waals surface area (Å²) in [6.07, 6.45) is 0. The van der Waals surface area contributed by atoms with Crippen LogP contribution in [0.3, 0.4) is 0 Å². The first-order valence-electron chi connectivity index (χ1n) is 4.29. The van der Waals surface area contributed by atoms with Crippen molar-refractivity contribution in [2.24, 2.45) is 0 Å². The van der Waals surface area contributed by atoms with Crippen molar-refractivity contribution in [2.75, 3.05) is 7.11 Å². The van der Waals surface area contributed by atoms with Gasteiger partial charge in [-0.15, -0.1) is 0 Å². The summed E-state index contributed by atoms with van der Waals surface area (Å²) in [7, 11) is 2.14. The fraction of sp³-hybridized carbons (Fsp3) is 0.400. The molecule has 0 spiro atoms. The second kappa shape index (κ2) is 4.92. The number of rotatable bonds is 4. The Bertz CT molecular complexity index is 261. The van der Waals surface area contributed by atoms with Gasteiger partial charge in [-0.1, -0.05) is 26.0 Å². The van der Waals surface area contributed by atoms with Crippen LogP contribution in [0, 0.1) is 0 Å². The lowest BCUT2D eigenvalue weighted by Crippen LogP contribution is -2.06. The van der Waals surface area contributed by atoms with E-state index in [2.05, 4.69) is 13.8 Å². The molecule has 0 unspecified atom stereocenters. The fourth-order valence-electron chi connectivity index (χ4n) is 0.884. The molecule has 13 heavy (non-hydrogen) atoms. The first kappa shape index (κ1) is 10.1. The highest BCUT2D eigenvalue weighted by atomic mass is 28.2. The maximum absolute atomic E-state index is 5.59. The number of para-hydroxylation sites is 2. The van der Waals surface area contributed by atoms with Crippen LogP contribution < -0.4 is 9.16 Å². The van der Waals surface area contributed by atoms with E-state index in [-0.39, 0.29) is 0 Å². The Balaban J connectivity index is 2.64. The lowest BCUT2D eigenvalue weighted by atomic mass is 10.3. The predicted molar refractivity (Wildman–Crippen MR) is 54.5 cm³/mol. The number of benzene rings is 1. The van der Waals surface area contributed by atoms with Gasteiger partial charge in [0.1, 0.15) is 5.75 Å². The van der Waals surface area contributed by atoms with Crippen LogP contribution in [-0.2, 0) is 0 Å². The van der Waals surface area contributed by atoms with Gasteiger partial charge in [-0.25, -0.2) is 0 Å². The van der Waals surface area contributed by atoms with Crippen LogP contribution in [0.15, 0.2) is 24.3 Å². The van der Waals surface area contributed by atoms with Crippen molar-refractivity contribution in [3.05, 3.63) is 24.3 Å². The Hall–Kier alpha value is -0.963. The van der Waals surface area contributed by atoms with E-state index in [1.807, 2.05) is 24.3 Å². The van der Waals surface area contributed by atoms with Crippen molar-refractivity contribution in [1.29, 1.82) is 0 Å². The van der Waals surface area contributed by atoms with E-state index in [9.17, 15) is 0 Å². The molecule has 3 heteroatoms. The molecule has 0 heterocycles. The quantitative estimate of drug-likeness (QED) is 0.686. The van der Waals surface area contributed by atoms with E-state index in [0.29, 0.717) is 15.3 Å². The summed E-state index contributed by atoms with van der Waals surface area (Å²) in [4.78, 5) is 0. The zero-order chi connectivity index (χ0) is 9.68. The monoisotopic (exact) mass is 194 g/mol. The lowest BCUT2D eigenvalue weighted by molar-refractivity contribution is 0.395. The molecule has 2 radical (unpaired) electrons. The third-order valence-corrected chi connectivity index (χ3v) is 2.28. The van der Waals surface area contributed by atoms with Crippen molar-refractivity contribution in [2.45, 2.75) is 19.4 Å². The van der Waals surface area contributed by atoms with E-state index >= 15 is 0 Å². The van der Waals surface area contributed by atoms with Gasteiger partial charge in [0.2, 0.25) is 0 Å². The zero-order valence-corrected chi connectivity index (χ0v) is 9.20. The van der Waals surface area contributed by atoms with Crippen molar-refractivity contribution in [1.82, 2.24) is 0 Å². The third kappa shape index (κ3) is 3.11. The summed E-state index contributed by atoms with van der Waals surface area (Å²) in [5.41, 5.74) is 0.560. The molecule has 0 aliphatic carbocycles. The normalized spacial score (nSPS) is 10.2. The molecule has 1 aromatic rings. The molecule has 0 aliphatic heterocycles. The lowest BCUT2D eigenvalue weighted by Gasteiger charge is -2.10. The van der Waals surface area contributed by atoms with Gasteiger partial charge in [-0.3, -0.25) is 0 Å². The molecule has 0 saturated heterocycles. The van der Waals surface area contributed by atoms with E-state index in [4.69, 9.17) is 9.16 Å². The summed E-state index contributed by atoms with van der Waals surface area (Å²) >= 11 is 0. The minimum absolute atomic E-state index is 0.485. The third-order valence-electron chi connectivity index (χ3n) is 1.47. The summed E-state index contributed by atoms with van der Waals surface area (Å²) in [6, 6.07) is 7.71. The van der Waals surface area contributed by atoms with Gasteiger partial charge < -0.3 is 9.16 Å². The van der Waals surface area contributed by atoms with E-state index < -0.39 is 0 Å². The van der Waals surface area contributed by atoms with Gasteiger partial charge >= 0.3 is 9.76 Å². The topological polar surface area (TPSA) is 18.5 Å². The van der Waals surface area contributed by atoms with E-state index in [0.717, 1.165) is 11.5 Å². The summed E-state index contributed by atoms with van der Waals surface area (Å²) < 4.78 is 10.7. The highest BCUT2D eigenvalue weighted by Crippen LogP contribution is 2.25. The zero-order valence-electron chi connectivity index (χ0n) is 8.20. The van der Waals surface area contributed by atoms with Gasteiger partial charge in [-0.05, 0) is 17.7 Å². The van der Waals surface area contributed by atoms with Gasteiger partial charge in [-0.2, -0.15) is 0 Å². The van der Waals surface area contributed by atoms with Gasteiger partial charge in [0.25, 0.3) is 0 Å². The van der Waals surface area contributed by atoms with Crippen LogP contribution in [0.1, 0.15) is 13.8 Å². The number of hydrogen-bond donors (Lipinski definition) is 0. The van der Waals surface area contributed by atoms with Crippen molar-refractivity contribution < 1.29 is 9.16 Å². The first-order valence-corrected chi connectivity index (χ1v) is 5.28. The van der Waals surface area contributed by atoms with Gasteiger partial charge in [0.15, 0.2) is 5.75 Å². The molecule has 70 valence electrons. The van der Waals surface area contributed by atoms with Crippen LogP contribution in [0.5, 0.6) is 11.5 Å². The highest BCUT2D eigenvalue weighted by molar-refractivity contribution is 6.30. The summed E-state index contributed by atoms with van der Waals surface area (Å²) in [6.45, 7) is 4.27. The minimum Gasteiger partial charge on any atom is -0.538 e. The smallest absolute Gasteiger partial charge is 0.313 e. The van der Waals surface area contributed by atoms with Crippen LogP contribution in [0.25, 0.3) is 0 Å². The van der Waals surface area contributed by atoms with E-state index in [1.165, 1.54) is 0 Å². The first-order chi connectivity index (χ1) is 6.24. The molecule has 0 bridgehead atoms. The van der Waals surface area contributed by atoms with Crippen LogP contribution in [0.2, 0.25) is 5.54 Å². The standard InChI is InChI=1S/C10H14O2Si/c1-8(2)13-12-10-7-5-4-6-9(10)11-3/h4-8H,1-3H3. The van der Waals surface area contributed by atoms with Crippen LogP contribution in [0.4, 0.5) is 0 Å². The Morgan fingerprint density at radius 2 is 1.77 bits per heavy atom. The highest BCUT2D eigenvalue weighted by Gasteiger charge is 2.04. The number of methoxy groups -OCH3 is 1. The second-order valence-corrected chi connectivity index (χ2v) is 4.62. The Morgan fingerprint density at radius 3 is 2.31 bits per heavy atom. The van der Waals surface area contributed by atoms with Crippen LogP contribution in [-0.4, -0.2) is 16.9 Å². The molecule has 0 aromatic heterocycles. The minimum atomic E-state index is 0.485. The van der Waals surface area contributed by atoms with E-state index in [1.54, 1.807) is 7.11 Å². The van der Waals surface area contributed by atoms with Crippen molar-refractivity contribution >= 4 is 9.76 Å². The summed E-state index contributed by atoms with van der Waals surface area (Å²) in [5, 5.41) is 0. The Morgan fingerprint density at radius 1 is 1.15 bits per heavy atom. The molecular weight excluding hydrogens is 180 g/mol. The SMILES string of the molecule is COc1ccccc1O[Si]C(C)C.